The average Bonchev–Trinajstić information content (AvgIpc) is 2.46. The molecule has 2 aromatic carbocycles. The highest BCUT2D eigenvalue weighted by Gasteiger charge is 2.13. The molecule has 0 heterocycles. The lowest BCUT2D eigenvalue weighted by molar-refractivity contribution is -0.387. The third kappa shape index (κ3) is 4.01. The van der Waals surface area contributed by atoms with Crippen molar-refractivity contribution in [2.24, 2.45) is 0 Å². The first-order valence-corrected chi connectivity index (χ1v) is 7.82. The van der Waals surface area contributed by atoms with Crippen LogP contribution in [0, 0.1) is 15.9 Å². The van der Waals surface area contributed by atoms with Crippen LogP contribution in [0.3, 0.4) is 0 Å². The number of nitro groups is 1. The SMILES string of the molecule is O=[N+]([O-])c1ccc(COc2ccc(Br)c(CBr)c2)cc1F. The van der Waals surface area contributed by atoms with Crippen molar-refractivity contribution < 1.29 is 14.1 Å². The van der Waals surface area contributed by atoms with E-state index in [9.17, 15) is 14.5 Å². The summed E-state index contributed by atoms with van der Waals surface area (Å²) in [6.45, 7) is 0.137. The van der Waals surface area contributed by atoms with Crippen LogP contribution in [0.1, 0.15) is 11.1 Å². The maximum absolute atomic E-state index is 13.5. The molecule has 0 unspecified atom stereocenters. The second-order valence-electron chi connectivity index (χ2n) is 4.22. The summed E-state index contributed by atoms with van der Waals surface area (Å²) >= 11 is 6.79. The summed E-state index contributed by atoms with van der Waals surface area (Å²) in [5, 5.41) is 11.2. The minimum absolute atomic E-state index is 0.137. The summed E-state index contributed by atoms with van der Waals surface area (Å²) in [4.78, 5) is 9.79. The van der Waals surface area contributed by atoms with Crippen LogP contribution in [0.4, 0.5) is 10.1 Å². The second kappa shape index (κ2) is 7.00. The molecule has 4 nitrogen and oxygen atoms in total. The quantitative estimate of drug-likeness (QED) is 0.391. The third-order valence-corrected chi connectivity index (χ3v) is 4.15. The van der Waals surface area contributed by atoms with Gasteiger partial charge in [-0.2, -0.15) is 4.39 Å². The molecule has 2 rings (SSSR count). The molecule has 0 aliphatic rings. The van der Waals surface area contributed by atoms with E-state index in [0.717, 1.165) is 22.2 Å². The maximum Gasteiger partial charge on any atom is 0.304 e. The molecule has 0 bridgehead atoms. The fraction of sp³-hybridized carbons (Fsp3) is 0.143. The standard InChI is InChI=1S/C14H10Br2FNO3/c15-7-10-6-11(2-3-12(10)16)21-8-9-1-4-14(18(19)20)13(17)5-9/h1-6H,7-8H2. The molecule has 0 atom stereocenters. The van der Waals surface area contributed by atoms with E-state index in [1.165, 1.54) is 6.07 Å². The van der Waals surface area contributed by atoms with Gasteiger partial charge in [-0.3, -0.25) is 10.1 Å². The molecular formula is C14H10Br2FNO3. The van der Waals surface area contributed by atoms with Crippen molar-refractivity contribution in [3.05, 3.63) is 67.9 Å². The minimum Gasteiger partial charge on any atom is -0.489 e. The van der Waals surface area contributed by atoms with Gasteiger partial charge in [0.15, 0.2) is 0 Å². The van der Waals surface area contributed by atoms with Crippen LogP contribution in [0.15, 0.2) is 40.9 Å². The van der Waals surface area contributed by atoms with Crippen molar-refractivity contribution in [3.8, 4) is 5.75 Å². The lowest BCUT2D eigenvalue weighted by Gasteiger charge is -2.09. The number of hydrogen-bond acceptors (Lipinski definition) is 3. The van der Waals surface area contributed by atoms with Crippen molar-refractivity contribution in [1.82, 2.24) is 0 Å². The molecule has 0 saturated carbocycles. The number of benzene rings is 2. The number of alkyl halides is 1. The largest absolute Gasteiger partial charge is 0.489 e. The lowest BCUT2D eigenvalue weighted by Crippen LogP contribution is -1.99. The first-order valence-electron chi connectivity index (χ1n) is 5.91. The van der Waals surface area contributed by atoms with E-state index in [1.807, 2.05) is 12.1 Å². The third-order valence-electron chi connectivity index (χ3n) is 2.78. The van der Waals surface area contributed by atoms with Crippen molar-refractivity contribution in [2.45, 2.75) is 11.9 Å². The summed E-state index contributed by atoms with van der Waals surface area (Å²) in [5.74, 6) is -0.218. The first-order chi connectivity index (χ1) is 10.0. The van der Waals surface area contributed by atoms with E-state index in [4.69, 9.17) is 4.74 Å². The van der Waals surface area contributed by atoms with Gasteiger partial charge in [0.2, 0.25) is 5.82 Å². The smallest absolute Gasteiger partial charge is 0.304 e. The number of hydrogen-bond donors (Lipinski definition) is 0. The van der Waals surface area contributed by atoms with E-state index in [0.29, 0.717) is 16.6 Å². The molecule has 0 amide bonds. The highest BCUT2D eigenvalue weighted by Crippen LogP contribution is 2.25. The van der Waals surface area contributed by atoms with Crippen LogP contribution in [0.25, 0.3) is 0 Å². The Balaban J connectivity index is 2.09. The van der Waals surface area contributed by atoms with Gasteiger partial charge in [-0.1, -0.05) is 31.9 Å². The van der Waals surface area contributed by atoms with Crippen molar-refractivity contribution in [1.29, 1.82) is 0 Å². The molecule has 0 aliphatic carbocycles. The first kappa shape index (κ1) is 15.9. The van der Waals surface area contributed by atoms with Crippen LogP contribution < -0.4 is 4.74 Å². The van der Waals surface area contributed by atoms with Crippen molar-refractivity contribution >= 4 is 37.5 Å². The van der Waals surface area contributed by atoms with Crippen LogP contribution in [-0.2, 0) is 11.9 Å². The summed E-state index contributed by atoms with van der Waals surface area (Å²) in [5.41, 5.74) is 1.02. The Bertz CT molecular complexity index is 679. The summed E-state index contributed by atoms with van der Waals surface area (Å²) in [6, 6.07) is 9.24. The molecule has 0 spiro atoms. The number of halogens is 3. The van der Waals surface area contributed by atoms with Crippen LogP contribution in [0.5, 0.6) is 5.75 Å². The van der Waals surface area contributed by atoms with Gasteiger partial charge >= 0.3 is 5.69 Å². The molecular weight excluding hydrogens is 409 g/mol. The number of rotatable bonds is 5. The second-order valence-corrected chi connectivity index (χ2v) is 5.63. The van der Waals surface area contributed by atoms with Gasteiger partial charge in [-0.25, -0.2) is 0 Å². The molecule has 0 N–H and O–H groups in total. The topological polar surface area (TPSA) is 52.4 Å². The predicted molar refractivity (Wildman–Crippen MR) is 84.2 cm³/mol. The van der Waals surface area contributed by atoms with Crippen LogP contribution >= 0.6 is 31.9 Å². The Morgan fingerprint density at radius 2 is 2.00 bits per heavy atom. The highest BCUT2D eigenvalue weighted by molar-refractivity contribution is 9.10. The molecule has 0 fully saturated rings. The molecule has 7 heteroatoms. The fourth-order valence-electron chi connectivity index (χ4n) is 1.70. The molecule has 0 aromatic heterocycles. The van der Waals surface area contributed by atoms with Crippen molar-refractivity contribution in [2.75, 3.05) is 0 Å². The number of nitro benzene ring substituents is 1. The molecule has 110 valence electrons. The Morgan fingerprint density at radius 1 is 1.24 bits per heavy atom. The predicted octanol–water partition coefficient (Wildman–Crippen LogP) is 4.97. The average molecular weight is 419 g/mol. The lowest BCUT2D eigenvalue weighted by atomic mass is 10.2. The highest BCUT2D eigenvalue weighted by atomic mass is 79.9. The van der Waals surface area contributed by atoms with Crippen LogP contribution in [-0.4, -0.2) is 4.92 Å². The van der Waals surface area contributed by atoms with Crippen LogP contribution in [0.2, 0.25) is 0 Å². The normalized spacial score (nSPS) is 10.4. The van der Waals surface area contributed by atoms with E-state index >= 15 is 0 Å². The fourth-order valence-corrected chi connectivity index (χ4v) is 2.93. The Labute approximate surface area is 137 Å². The van der Waals surface area contributed by atoms with Crippen molar-refractivity contribution in [3.63, 3.8) is 0 Å². The summed E-state index contributed by atoms with van der Waals surface area (Å²) in [7, 11) is 0. The van der Waals surface area contributed by atoms with E-state index in [-0.39, 0.29) is 6.61 Å². The van der Waals surface area contributed by atoms with E-state index in [2.05, 4.69) is 31.9 Å². The van der Waals surface area contributed by atoms with Gasteiger partial charge in [0.05, 0.1) is 4.92 Å². The zero-order chi connectivity index (χ0) is 15.4. The zero-order valence-corrected chi connectivity index (χ0v) is 13.9. The number of ether oxygens (including phenoxy) is 1. The monoisotopic (exact) mass is 417 g/mol. The van der Waals surface area contributed by atoms with Gasteiger partial charge in [-0.05, 0) is 41.5 Å². The van der Waals surface area contributed by atoms with Gasteiger partial charge in [0.25, 0.3) is 0 Å². The molecule has 0 saturated heterocycles. The molecule has 2 aromatic rings. The van der Waals surface area contributed by atoms with E-state index in [1.54, 1.807) is 6.07 Å². The maximum atomic E-state index is 13.5. The van der Waals surface area contributed by atoms with Gasteiger partial charge in [0, 0.05) is 15.9 Å². The minimum atomic E-state index is -0.863. The zero-order valence-electron chi connectivity index (χ0n) is 10.7. The Hall–Kier alpha value is -1.47. The molecule has 21 heavy (non-hydrogen) atoms. The van der Waals surface area contributed by atoms with Gasteiger partial charge < -0.3 is 4.74 Å². The Morgan fingerprint density at radius 3 is 2.62 bits per heavy atom. The van der Waals surface area contributed by atoms with Gasteiger partial charge in [-0.15, -0.1) is 0 Å². The molecule has 0 radical (unpaired) electrons. The summed E-state index contributed by atoms with van der Waals surface area (Å²) < 4.78 is 20.0. The van der Waals surface area contributed by atoms with E-state index < -0.39 is 16.4 Å². The number of nitrogens with zero attached hydrogens (tertiary/aromatic N) is 1. The Kier molecular flexibility index (Phi) is 5.30. The van der Waals surface area contributed by atoms with Gasteiger partial charge in [0.1, 0.15) is 12.4 Å². The molecule has 0 aliphatic heterocycles. The summed E-state index contributed by atoms with van der Waals surface area (Å²) in [6.07, 6.45) is 0.